The van der Waals surface area contributed by atoms with Crippen molar-refractivity contribution in [2.75, 3.05) is 26.8 Å². The summed E-state index contributed by atoms with van der Waals surface area (Å²) in [6.07, 6.45) is -0.0167. The Bertz CT molecular complexity index is 442. The predicted molar refractivity (Wildman–Crippen MR) is 81.7 cm³/mol. The minimum atomic E-state index is -4.21. The van der Waals surface area contributed by atoms with Gasteiger partial charge in [0, 0.05) is 32.7 Å². The Morgan fingerprint density at radius 1 is 1.26 bits per heavy atom. The predicted octanol–water partition coefficient (Wildman–Crippen LogP) is 4.00. The van der Waals surface area contributed by atoms with E-state index in [4.69, 9.17) is 10.00 Å². The van der Waals surface area contributed by atoms with Crippen molar-refractivity contribution in [3.63, 3.8) is 0 Å². The smallest absolute Gasteiger partial charge is 0.384 e. The molecule has 0 aromatic rings. The molecule has 23 heavy (non-hydrogen) atoms. The molecule has 1 aliphatic carbocycles. The van der Waals surface area contributed by atoms with Crippen molar-refractivity contribution >= 4 is 0 Å². The van der Waals surface area contributed by atoms with Crippen molar-refractivity contribution in [1.82, 2.24) is 4.90 Å². The van der Waals surface area contributed by atoms with Crippen LogP contribution in [0.2, 0.25) is 0 Å². The average molecular weight is 332 g/mol. The van der Waals surface area contributed by atoms with Crippen LogP contribution >= 0.6 is 0 Å². The van der Waals surface area contributed by atoms with Gasteiger partial charge < -0.3 is 4.74 Å². The number of nitriles is 1. The second-order valence-electron chi connectivity index (χ2n) is 7.70. The van der Waals surface area contributed by atoms with E-state index in [-0.39, 0.29) is 31.2 Å². The van der Waals surface area contributed by atoms with Crippen LogP contribution in [0.1, 0.15) is 46.0 Å². The first-order valence-corrected chi connectivity index (χ1v) is 8.36. The van der Waals surface area contributed by atoms with Gasteiger partial charge >= 0.3 is 6.18 Å². The number of likely N-dealkylation sites (tertiary alicyclic amines) is 1. The second kappa shape index (κ2) is 6.60. The second-order valence-corrected chi connectivity index (χ2v) is 7.70. The van der Waals surface area contributed by atoms with Gasteiger partial charge in [0.15, 0.2) is 0 Å². The lowest BCUT2D eigenvalue weighted by molar-refractivity contribution is -0.286. The third-order valence-electron chi connectivity index (χ3n) is 6.16. The van der Waals surface area contributed by atoms with E-state index in [1.165, 1.54) is 7.11 Å². The van der Waals surface area contributed by atoms with Crippen LogP contribution in [0.4, 0.5) is 13.2 Å². The molecule has 0 unspecified atom stereocenters. The summed E-state index contributed by atoms with van der Waals surface area (Å²) >= 11 is 0. The fraction of sp³-hybridized carbons (Fsp3) is 0.941. The average Bonchev–Trinajstić information content (AvgIpc) is 2.42. The van der Waals surface area contributed by atoms with Gasteiger partial charge in [-0.05, 0) is 37.0 Å². The van der Waals surface area contributed by atoms with Gasteiger partial charge in [-0.15, -0.1) is 0 Å². The SMILES string of the molecule is COCC1(C(F)(F)F)CN(C2CCC(CC#N)(C(C)C)CC2)C1. The van der Waals surface area contributed by atoms with Crippen LogP contribution in [0.3, 0.4) is 0 Å². The first-order chi connectivity index (χ1) is 10.7. The van der Waals surface area contributed by atoms with Gasteiger partial charge in [-0.25, -0.2) is 0 Å². The molecule has 0 aromatic carbocycles. The highest BCUT2D eigenvalue weighted by atomic mass is 19.4. The zero-order valence-corrected chi connectivity index (χ0v) is 14.2. The number of methoxy groups -OCH3 is 1. The number of rotatable bonds is 5. The van der Waals surface area contributed by atoms with Crippen LogP contribution in [-0.4, -0.2) is 43.9 Å². The minimum Gasteiger partial charge on any atom is -0.384 e. The summed E-state index contributed by atoms with van der Waals surface area (Å²) in [4.78, 5) is 1.96. The molecule has 132 valence electrons. The topological polar surface area (TPSA) is 36.3 Å². The van der Waals surface area contributed by atoms with Gasteiger partial charge in [0.1, 0.15) is 5.41 Å². The van der Waals surface area contributed by atoms with E-state index in [2.05, 4.69) is 19.9 Å². The van der Waals surface area contributed by atoms with E-state index in [1.54, 1.807) is 0 Å². The summed E-state index contributed by atoms with van der Waals surface area (Å²) in [5.74, 6) is 0.433. The Balaban J connectivity index is 1.94. The van der Waals surface area contributed by atoms with Crippen LogP contribution in [0.15, 0.2) is 0 Å². The highest BCUT2D eigenvalue weighted by Crippen LogP contribution is 2.51. The Kier molecular flexibility index (Phi) is 5.32. The van der Waals surface area contributed by atoms with Gasteiger partial charge in [0.2, 0.25) is 0 Å². The molecule has 3 nitrogen and oxygen atoms in total. The molecule has 2 rings (SSSR count). The van der Waals surface area contributed by atoms with Crippen molar-refractivity contribution in [2.45, 2.75) is 58.2 Å². The molecule has 0 radical (unpaired) electrons. The lowest BCUT2D eigenvalue weighted by atomic mass is 9.63. The van der Waals surface area contributed by atoms with E-state index in [0.717, 1.165) is 25.7 Å². The highest BCUT2D eigenvalue weighted by Gasteiger charge is 2.62. The van der Waals surface area contributed by atoms with E-state index < -0.39 is 11.6 Å². The highest BCUT2D eigenvalue weighted by molar-refractivity contribution is 5.04. The number of ether oxygens (including phenoxy) is 1. The van der Waals surface area contributed by atoms with Crippen LogP contribution in [0, 0.1) is 28.1 Å². The molecular weight excluding hydrogens is 305 g/mol. The van der Waals surface area contributed by atoms with Crippen molar-refractivity contribution in [2.24, 2.45) is 16.7 Å². The molecule has 2 fully saturated rings. The summed E-state index contributed by atoms with van der Waals surface area (Å²) in [5.41, 5.74) is -1.65. The van der Waals surface area contributed by atoms with E-state index in [9.17, 15) is 13.2 Å². The lowest BCUT2D eigenvalue weighted by Gasteiger charge is -2.55. The lowest BCUT2D eigenvalue weighted by Crippen LogP contribution is -2.68. The molecule has 0 amide bonds. The minimum absolute atomic E-state index is 0.0436. The van der Waals surface area contributed by atoms with Gasteiger partial charge in [-0.2, -0.15) is 18.4 Å². The third kappa shape index (κ3) is 3.36. The van der Waals surface area contributed by atoms with E-state index >= 15 is 0 Å². The van der Waals surface area contributed by atoms with Crippen LogP contribution in [0.25, 0.3) is 0 Å². The zero-order valence-electron chi connectivity index (χ0n) is 14.2. The van der Waals surface area contributed by atoms with E-state index in [1.807, 2.05) is 4.90 Å². The standard InChI is InChI=1S/C17H27F3N2O/c1-13(2)15(8-9-21)6-4-14(5-7-15)22-10-16(11-22,12-23-3)17(18,19)20/h13-14H,4-8,10-12H2,1-3H3. The third-order valence-corrected chi connectivity index (χ3v) is 6.16. The van der Waals surface area contributed by atoms with Gasteiger partial charge in [-0.1, -0.05) is 13.8 Å². The number of hydrogen-bond donors (Lipinski definition) is 0. The van der Waals surface area contributed by atoms with Crippen LogP contribution < -0.4 is 0 Å². The molecule has 0 aromatic heterocycles. The fourth-order valence-electron chi connectivity index (χ4n) is 4.28. The Morgan fingerprint density at radius 3 is 2.22 bits per heavy atom. The molecule has 1 heterocycles. The largest absolute Gasteiger partial charge is 0.399 e. The number of halogens is 3. The van der Waals surface area contributed by atoms with Crippen molar-refractivity contribution in [1.29, 1.82) is 5.26 Å². The monoisotopic (exact) mass is 332 g/mol. The molecule has 0 bridgehead atoms. The summed E-state index contributed by atoms with van der Waals surface area (Å²) in [6.45, 7) is 4.12. The van der Waals surface area contributed by atoms with Gasteiger partial charge in [0.05, 0.1) is 12.7 Å². The van der Waals surface area contributed by atoms with E-state index in [0.29, 0.717) is 12.3 Å². The Morgan fingerprint density at radius 2 is 1.83 bits per heavy atom. The molecule has 2 aliphatic rings. The normalized spacial score (nSPS) is 31.7. The van der Waals surface area contributed by atoms with Crippen molar-refractivity contribution < 1.29 is 17.9 Å². The maximum atomic E-state index is 13.3. The molecule has 1 saturated heterocycles. The zero-order chi connectivity index (χ0) is 17.3. The maximum absolute atomic E-state index is 13.3. The molecule has 1 aliphatic heterocycles. The number of alkyl halides is 3. The first kappa shape index (κ1) is 18.5. The Labute approximate surface area is 136 Å². The maximum Gasteiger partial charge on any atom is 0.399 e. The summed E-state index contributed by atoms with van der Waals surface area (Å²) < 4.78 is 44.6. The van der Waals surface area contributed by atoms with Gasteiger partial charge in [-0.3, -0.25) is 4.90 Å². The Hall–Kier alpha value is -0.800. The molecular formula is C17H27F3N2O. The molecule has 0 spiro atoms. The van der Waals surface area contributed by atoms with Gasteiger partial charge in [0.25, 0.3) is 0 Å². The van der Waals surface area contributed by atoms with Crippen LogP contribution in [-0.2, 0) is 4.74 Å². The first-order valence-electron chi connectivity index (χ1n) is 8.36. The van der Waals surface area contributed by atoms with Crippen LogP contribution in [0.5, 0.6) is 0 Å². The fourth-order valence-corrected chi connectivity index (χ4v) is 4.28. The molecule has 0 N–H and O–H groups in total. The van der Waals surface area contributed by atoms with Crippen molar-refractivity contribution in [3.05, 3.63) is 0 Å². The molecule has 1 saturated carbocycles. The number of hydrogen-bond acceptors (Lipinski definition) is 3. The summed E-state index contributed by atoms with van der Waals surface area (Å²) in [6, 6.07) is 2.52. The number of nitrogens with zero attached hydrogens (tertiary/aromatic N) is 2. The summed E-state index contributed by atoms with van der Waals surface area (Å²) in [5, 5.41) is 9.08. The molecule has 0 atom stereocenters. The summed E-state index contributed by atoms with van der Waals surface area (Å²) in [7, 11) is 1.33. The van der Waals surface area contributed by atoms with Crippen molar-refractivity contribution in [3.8, 4) is 6.07 Å². The molecule has 6 heteroatoms. The quantitative estimate of drug-likeness (QED) is 0.763.